The molecule has 14 rings (SSSR count). The first-order valence-electron chi connectivity index (χ1n) is 25.4. The molecule has 0 spiro atoms. The summed E-state index contributed by atoms with van der Waals surface area (Å²) in [6.07, 6.45) is 0. The largest absolute Gasteiger partial charge is 0.455 e. The van der Waals surface area contributed by atoms with Gasteiger partial charge in [0.15, 0.2) is 0 Å². The van der Waals surface area contributed by atoms with Gasteiger partial charge in [-0.15, -0.1) is 0 Å². The topological polar surface area (TPSA) is 13.1 Å². The first-order chi connectivity index (χ1) is 35.2. The normalized spacial score (nSPS) is 14.3. The molecule has 1 heterocycles. The van der Waals surface area contributed by atoms with Crippen LogP contribution in [-0.4, -0.2) is 0 Å². The zero-order chi connectivity index (χ0) is 48.3. The molecular formula is C71H52O. The summed E-state index contributed by atoms with van der Waals surface area (Å²) in [5.74, 6) is 0.00328. The standard InChI is InChI=1S/C71H52O/c1-70(2)63-40-52(51-30-27-45-15-8-9-16-50(45)39-51)31-35-57(63)59-37-33-54(42-65(59)70)68(49-28-25-48(26-29-49)47-23-21-46(22-24-47)44-13-6-5-7-14-44)55-34-38-60-58-36-32-53(41-64(58)71(3,4)66(60)43-55)56-18-12-19-62-61-17-10-11-20-67(61)72-69(56)62/h5-43,68H,1-4H3. The first-order valence-corrected chi connectivity index (χ1v) is 25.4. The molecule has 0 bridgehead atoms. The van der Waals surface area contributed by atoms with Gasteiger partial charge >= 0.3 is 0 Å². The van der Waals surface area contributed by atoms with E-state index in [4.69, 9.17) is 4.42 Å². The van der Waals surface area contributed by atoms with Crippen LogP contribution in [0.4, 0.5) is 0 Å². The van der Waals surface area contributed by atoms with Gasteiger partial charge < -0.3 is 4.42 Å². The van der Waals surface area contributed by atoms with E-state index in [0.29, 0.717) is 0 Å². The Morgan fingerprint density at radius 3 is 1.39 bits per heavy atom. The Morgan fingerprint density at radius 1 is 0.292 bits per heavy atom. The predicted molar refractivity (Wildman–Crippen MR) is 302 cm³/mol. The van der Waals surface area contributed by atoms with Gasteiger partial charge in [0, 0.05) is 33.1 Å². The Kier molecular flexibility index (Phi) is 9.42. The highest BCUT2D eigenvalue weighted by molar-refractivity contribution is 6.09. The zero-order valence-electron chi connectivity index (χ0n) is 41.0. The van der Waals surface area contributed by atoms with Crippen LogP contribution in [0.1, 0.15) is 72.6 Å². The Labute approximate surface area is 421 Å². The summed E-state index contributed by atoms with van der Waals surface area (Å²) in [6.45, 7) is 9.63. The average Bonchev–Trinajstić information content (AvgIpc) is 4.00. The quantitative estimate of drug-likeness (QED) is 0.145. The number of benzene rings is 11. The minimum Gasteiger partial charge on any atom is -0.455 e. The number of hydrogen-bond donors (Lipinski definition) is 0. The summed E-state index contributed by atoms with van der Waals surface area (Å²) in [5.41, 5.74) is 25.8. The van der Waals surface area contributed by atoms with Crippen LogP contribution in [0.25, 0.3) is 99.5 Å². The van der Waals surface area contributed by atoms with Gasteiger partial charge in [-0.25, -0.2) is 0 Å². The SMILES string of the molecule is CC1(C)c2cc(-c3ccc4ccccc4c3)ccc2-c2ccc(C(c3ccc(-c4ccc(-c5ccccc5)cc4)cc3)c3ccc4c(c3)C(C)(C)c3cc(-c5cccc6c5oc5ccccc56)ccc3-4)cc21. The van der Waals surface area contributed by atoms with Crippen LogP contribution < -0.4 is 0 Å². The molecule has 0 radical (unpaired) electrons. The van der Waals surface area contributed by atoms with E-state index in [-0.39, 0.29) is 16.7 Å². The monoisotopic (exact) mass is 920 g/mol. The van der Waals surface area contributed by atoms with Crippen molar-refractivity contribution in [1.82, 2.24) is 0 Å². The van der Waals surface area contributed by atoms with Crippen molar-refractivity contribution < 1.29 is 4.42 Å². The number of furan rings is 1. The fourth-order valence-corrected chi connectivity index (χ4v) is 12.5. The molecule has 0 aliphatic heterocycles. The molecule has 0 fully saturated rings. The molecule has 0 saturated carbocycles. The number of fused-ring (bicyclic) bond motifs is 10. The second kappa shape index (κ2) is 16.0. The second-order valence-corrected chi connectivity index (χ2v) is 21.2. The van der Waals surface area contributed by atoms with Crippen molar-refractivity contribution in [3.8, 4) is 66.8 Å². The molecule has 1 aromatic heterocycles. The number of para-hydroxylation sites is 2. The lowest BCUT2D eigenvalue weighted by Gasteiger charge is -2.26. The fraction of sp³-hybridized carbons (Fsp3) is 0.0986. The molecular weight excluding hydrogens is 869 g/mol. The smallest absolute Gasteiger partial charge is 0.143 e. The van der Waals surface area contributed by atoms with E-state index in [1.54, 1.807) is 0 Å². The predicted octanol–water partition coefficient (Wildman–Crippen LogP) is 19.2. The van der Waals surface area contributed by atoms with Crippen molar-refractivity contribution >= 4 is 32.7 Å². The Morgan fingerprint density at radius 2 is 0.736 bits per heavy atom. The van der Waals surface area contributed by atoms with Gasteiger partial charge in [-0.1, -0.05) is 240 Å². The summed E-state index contributed by atoms with van der Waals surface area (Å²) in [4.78, 5) is 0. The summed E-state index contributed by atoms with van der Waals surface area (Å²) >= 11 is 0. The van der Waals surface area contributed by atoms with Gasteiger partial charge in [0.1, 0.15) is 11.2 Å². The van der Waals surface area contributed by atoms with Gasteiger partial charge in [0.2, 0.25) is 0 Å². The average molecular weight is 921 g/mol. The molecule has 342 valence electrons. The molecule has 1 unspecified atom stereocenters. The summed E-state index contributed by atoms with van der Waals surface area (Å²) in [6, 6.07) is 88.2. The molecule has 1 nitrogen and oxygen atoms in total. The summed E-state index contributed by atoms with van der Waals surface area (Å²) in [5, 5.41) is 4.84. The van der Waals surface area contributed by atoms with Crippen molar-refractivity contribution in [3.63, 3.8) is 0 Å². The minimum absolute atomic E-state index is 0.00328. The molecule has 11 aromatic carbocycles. The van der Waals surface area contributed by atoms with Crippen molar-refractivity contribution in [2.75, 3.05) is 0 Å². The van der Waals surface area contributed by atoms with Gasteiger partial charge in [0.25, 0.3) is 0 Å². The van der Waals surface area contributed by atoms with Crippen molar-refractivity contribution in [2.24, 2.45) is 0 Å². The lowest BCUT2D eigenvalue weighted by Crippen LogP contribution is -2.17. The number of rotatable bonds is 7. The third-order valence-corrected chi connectivity index (χ3v) is 16.4. The van der Waals surface area contributed by atoms with E-state index in [1.807, 2.05) is 6.07 Å². The van der Waals surface area contributed by atoms with Crippen molar-refractivity contribution in [1.29, 1.82) is 0 Å². The Bertz CT molecular complexity index is 4130. The van der Waals surface area contributed by atoms with E-state index < -0.39 is 0 Å². The summed E-state index contributed by atoms with van der Waals surface area (Å²) < 4.78 is 6.55. The van der Waals surface area contributed by atoms with Crippen molar-refractivity contribution in [3.05, 3.63) is 276 Å². The van der Waals surface area contributed by atoms with Crippen LogP contribution in [0.15, 0.2) is 241 Å². The molecule has 1 atom stereocenters. The van der Waals surface area contributed by atoms with Crippen molar-refractivity contribution in [2.45, 2.75) is 44.4 Å². The third-order valence-electron chi connectivity index (χ3n) is 16.4. The lowest BCUT2D eigenvalue weighted by molar-refractivity contribution is 0.657. The molecule has 0 N–H and O–H groups in total. The minimum atomic E-state index is -0.233. The summed E-state index contributed by atoms with van der Waals surface area (Å²) in [7, 11) is 0. The van der Waals surface area contributed by atoms with Gasteiger partial charge in [-0.2, -0.15) is 0 Å². The first kappa shape index (κ1) is 42.4. The van der Waals surface area contributed by atoms with Crippen LogP contribution >= 0.6 is 0 Å². The molecule has 72 heavy (non-hydrogen) atoms. The van der Waals surface area contributed by atoms with E-state index in [2.05, 4.69) is 258 Å². The van der Waals surface area contributed by atoms with Gasteiger partial charge in [0.05, 0.1) is 0 Å². The van der Waals surface area contributed by atoms with E-state index >= 15 is 0 Å². The highest BCUT2D eigenvalue weighted by Gasteiger charge is 2.39. The Hall–Kier alpha value is -8.52. The molecule has 12 aromatic rings. The highest BCUT2D eigenvalue weighted by Crippen LogP contribution is 2.54. The maximum Gasteiger partial charge on any atom is 0.143 e. The molecule has 0 amide bonds. The van der Waals surface area contributed by atoms with E-state index in [9.17, 15) is 0 Å². The van der Waals surface area contributed by atoms with Crippen LogP contribution in [0.3, 0.4) is 0 Å². The third kappa shape index (κ3) is 6.61. The maximum absolute atomic E-state index is 6.55. The van der Waals surface area contributed by atoms with Crippen LogP contribution in [0.5, 0.6) is 0 Å². The van der Waals surface area contributed by atoms with Crippen LogP contribution in [0, 0.1) is 0 Å². The molecule has 2 aliphatic rings. The van der Waals surface area contributed by atoms with E-state index in [0.717, 1.165) is 27.5 Å². The lowest BCUT2D eigenvalue weighted by atomic mass is 9.77. The van der Waals surface area contributed by atoms with Crippen LogP contribution in [0.2, 0.25) is 0 Å². The molecule has 0 saturated heterocycles. The number of hydrogen-bond acceptors (Lipinski definition) is 1. The fourth-order valence-electron chi connectivity index (χ4n) is 12.5. The van der Waals surface area contributed by atoms with Gasteiger partial charge in [-0.05, 0) is 135 Å². The van der Waals surface area contributed by atoms with E-state index in [1.165, 1.54) is 111 Å². The molecule has 1 heteroatoms. The zero-order valence-corrected chi connectivity index (χ0v) is 41.0. The Balaban J connectivity index is 0.859. The second-order valence-electron chi connectivity index (χ2n) is 21.2. The molecule has 2 aliphatic carbocycles. The highest BCUT2D eigenvalue weighted by atomic mass is 16.3. The maximum atomic E-state index is 6.55. The van der Waals surface area contributed by atoms with Crippen LogP contribution in [-0.2, 0) is 10.8 Å². The van der Waals surface area contributed by atoms with Gasteiger partial charge in [-0.3, -0.25) is 0 Å².